The van der Waals surface area contributed by atoms with Crippen LogP contribution in [0.4, 0.5) is 18.9 Å². The van der Waals surface area contributed by atoms with Crippen LogP contribution in [0.15, 0.2) is 35.4 Å². The summed E-state index contributed by atoms with van der Waals surface area (Å²) in [6, 6.07) is 7.37. The van der Waals surface area contributed by atoms with Crippen molar-refractivity contribution in [2.75, 3.05) is 5.01 Å². The molecular weight excluding hydrogens is 233 g/mol. The number of carbonyl (C=O) groups excluding carboxylic acids is 1. The van der Waals surface area contributed by atoms with E-state index in [1.165, 1.54) is 6.92 Å². The molecule has 3 nitrogen and oxygen atoms in total. The molecule has 1 atom stereocenters. The molecule has 0 radical (unpaired) electrons. The van der Waals surface area contributed by atoms with Crippen molar-refractivity contribution in [3.05, 3.63) is 30.3 Å². The maximum atomic E-state index is 12.5. The van der Waals surface area contributed by atoms with Crippen LogP contribution >= 0.6 is 0 Å². The first-order valence-corrected chi connectivity index (χ1v) is 4.95. The molecule has 0 aromatic heterocycles. The van der Waals surface area contributed by atoms with Crippen LogP contribution in [0.25, 0.3) is 0 Å². The maximum Gasteiger partial charge on any atom is 0.438 e. The summed E-state index contributed by atoms with van der Waals surface area (Å²) in [6.07, 6.45) is -4.70. The van der Waals surface area contributed by atoms with Gasteiger partial charge in [0.1, 0.15) is 6.04 Å². The average molecular weight is 242 g/mol. The van der Waals surface area contributed by atoms with Crippen molar-refractivity contribution in [1.82, 2.24) is 0 Å². The molecule has 6 heteroatoms. The lowest BCUT2D eigenvalue weighted by molar-refractivity contribution is -0.117. The minimum atomic E-state index is -4.70. The molecule has 2 rings (SSSR count). The average Bonchev–Trinajstić information content (AvgIpc) is 2.57. The van der Waals surface area contributed by atoms with Crippen molar-refractivity contribution in [3.63, 3.8) is 0 Å². The Kier molecular flexibility index (Phi) is 2.65. The van der Waals surface area contributed by atoms with Crippen LogP contribution in [0.3, 0.4) is 0 Å². The fraction of sp³-hybridized carbons (Fsp3) is 0.273. The fourth-order valence-electron chi connectivity index (χ4n) is 1.61. The van der Waals surface area contributed by atoms with E-state index in [2.05, 4.69) is 5.10 Å². The first kappa shape index (κ1) is 11.6. The van der Waals surface area contributed by atoms with Gasteiger partial charge in [-0.05, 0) is 19.1 Å². The molecule has 0 aliphatic carbocycles. The second-order valence-electron chi connectivity index (χ2n) is 3.67. The minimum Gasteiger partial charge on any atom is -0.290 e. The number of hydrazone groups is 1. The van der Waals surface area contributed by atoms with Gasteiger partial charge in [0.2, 0.25) is 11.5 Å². The van der Waals surface area contributed by atoms with Crippen molar-refractivity contribution in [2.45, 2.75) is 19.1 Å². The molecule has 0 saturated heterocycles. The Hall–Kier alpha value is -1.85. The van der Waals surface area contributed by atoms with Crippen LogP contribution in [0, 0.1) is 0 Å². The highest BCUT2D eigenvalue weighted by Gasteiger charge is 2.48. The summed E-state index contributed by atoms with van der Waals surface area (Å²) in [4.78, 5) is 11.4. The third-order valence-corrected chi connectivity index (χ3v) is 2.48. The van der Waals surface area contributed by atoms with E-state index < -0.39 is 23.7 Å². The Bertz CT molecular complexity index is 467. The fourth-order valence-corrected chi connectivity index (χ4v) is 1.61. The molecule has 0 spiro atoms. The summed E-state index contributed by atoms with van der Waals surface area (Å²) in [6.45, 7) is 1.40. The molecule has 90 valence electrons. The molecule has 17 heavy (non-hydrogen) atoms. The summed E-state index contributed by atoms with van der Waals surface area (Å²) in [5.41, 5.74) is -0.874. The van der Waals surface area contributed by atoms with E-state index >= 15 is 0 Å². The number of hydrogen-bond acceptors (Lipinski definition) is 3. The van der Waals surface area contributed by atoms with E-state index in [9.17, 15) is 18.0 Å². The van der Waals surface area contributed by atoms with Gasteiger partial charge in [-0.15, -0.1) is 0 Å². The number of ketones is 1. The van der Waals surface area contributed by atoms with Crippen molar-refractivity contribution >= 4 is 17.2 Å². The van der Waals surface area contributed by atoms with E-state index in [-0.39, 0.29) is 0 Å². The van der Waals surface area contributed by atoms with Crippen LogP contribution in [0.5, 0.6) is 0 Å². The molecule has 0 fully saturated rings. The van der Waals surface area contributed by atoms with Crippen LogP contribution in [-0.4, -0.2) is 23.7 Å². The Morgan fingerprint density at radius 2 is 1.82 bits per heavy atom. The van der Waals surface area contributed by atoms with Crippen LogP contribution < -0.4 is 5.01 Å². The van der Waals surface area contributed by atoms with Crippen LogP contribution in [-0.2, 0) is 4.79 Å². The summed E-state index contributed by atoms with van der Waals surface area (Å²) < 4.78 is 37.5. The zero-order valence-electron chi connectivity index (χ0n) is 8.90. The standard InChI is InChI=1S/C11H9F3N2O/c1-7-9(17)10(11(12,13)14)15-16(7)8-5-3-2-4-6-8/h2-7H,1H3. The van der Waals surface area contributed by atoms with Gasteiger partial charge in [0.15, 0.2) is 0 Å². The quantitative estimate of drug-likeness (QED) is 0.757. The molecule has 1 aliphatic rings. The number of carbonyl (C=O) groups is 1. The third-order valence-electron chi connectivity index (χ3n) is 2.48. The lowest BCUT2D eigenvalue weighted by Crippen LogP contribution is -2.35. The van der Waals surface area contributed by atoms with Crippen molar-refractivity contribution in [3.8, 4) is 0 Å². The first-order valence-electron chi connectivity index (χ1n) is 4.95. The van der Waals surface area contributed by atoms with Gasteiger partial charge in [-0.3, -0.25) is 9.80 Å². The topological polar surface area (TPSA) is 32.7 Å². The van der Waals surface area contributed by atoms with Crippen molar-refractivity contribution < 1.29 is 18.0 Å². The first-order chi connectivity index (χ1) is 7.91. The number of Topliss-reactive ketones (excluding diaryl/α,β-unsaturated/α-hetero) is 1. The molecule has 0 amide bonds. The predicted octanol–water partition coefficient (Wildman–Crippen LogP) is 2.38. The van der Waals surface area contributed by atoms with Gasteiger partial charge in [0.05, 0.1) is 5.69 Å². The molecule has 1 heterocycles. The molecule has 1 aromatic rings. The highest BCUT2D eigenvalue weighted by Crippen LogP contribution is 2.28. The molecule has 1 aromatic carbocycles. The smallest absolute Gasteiger partial charge is 0.290 e. The number of benzene rings is 1. The number of halogens is 3. The van der Waals surface area contributed by atoms with Gasteiger partial charge in [-0.1, -0.05) is 18.2 Å². The number of para-hydroxylation sites is 1. The van der Waals surface area contributed by atoms with Crippen molar-refractivity contribution in [2.24, 2.45) is 5.10 Å². The Balaban J connectivity index is 2.39. The summed E-state index contributed by atoms with van der Waals surface area (Å²) in [5, 5.41) is 4.46. The van der Waals surface area contributed by atoms with Crippen molar-refractivity contribution in [1.29, 1.82) is 0 Å². The lowest BCUT2D eigenvalue weighted by Gasteiger charge is -2.18. The Labute approximate surface area is 95.5 Å². The van der Waals surface area contributed by atoms with E-state index in [0.29, 0.717) is 5.69 Å². The zero-order chi connectivity index (χ0) is 12.6. The molecule has 1 unspecified atom stereocenters. The largest absolute Gasteiger partial charge is 0.438 e. The normalized spacial score (nSPS) is 20.7. The van der Waals surface area contributed by atoms with E-state index in [4.69, 9.17) is 0 Å². The Morgan fingerprint density at radius 3 is 2.29 bits per heavy atom. The highest BCUT2D eigenvalue weighted by atomic mass is 19.4. The maximum absolute atomic E-state index is 12.5. The van der Waals surface area contributed by atoms with Gasteiger partial charge >= 0.3 is 6.18 Å². The minimum absolute atomic E-state index is 0.465. The molecule has 0 bridgehead atoms. The highest BCUT2D eigenvalue weighted by molar-refractivity contribution is 6.46. The lowest BCUT2D eigenvalue weighted by atomic mass is 10.1. The number of hydrogen-bond donors (Lipinski definition) is 0. The zero-order valence-corrected chi connectivity index (χ0v) is 8.90. The van der Waals surface area contributed by atoms with E-state index in [0.717, 1.165) is 5.01 Å². The van der Waals surface area contributed by atoms with Gasteiger partial charge in [0.25, 0.3) is 0 Å². The summed E-state index contributed by atoms with van der Waals surface area (Å²) >= 11 is 0. The SMILES string of the molecule is CC1C(=O)C(C(F)(F)F)=NN1c1ccccc1. The van der Waals surface area contributed by atoms with E-state index in [1.54, 1.807) is 30.3 Å². The van der Waals surface area contributed by atoms with E-state index in [1.807, 2.05) is 0 Å². The second kappa shape index (κ2) is 3.87. The molecule has 0 saturated carbocycles. The van der Waals surface area contributed by atoms with Gasteiger partial charge in [0, 0.05) is 0 Å². The van der Waals surface area contributed by atoms with Crippen LogP contribution in [0.2, 0.25) is 0 Å². The molecule has 0 N–H and O–H groups in total. The monoisotopic (exact) mass is 242 g/mol. The second-order valence-corrected chi connectivity index (χ2v) is 3.67. The van der Waals surface area contributed by atoms with Gasteiger partial charge < -0.3 is 0 Å². The summed E-state index contributed by atoms with van der Waals surface area (Å²) in [7, 11) is 0. The number of nitrogens with zero attached hydrogens (tertiary/aromatic N) is 2. The number of anilines is 1. The number of alkyl halides is 3. The van der Waals surface area contributed by atoms with Gasteiger partial charge in [-0.25, -0.2) is 0 Å². The predicted molar refractivity (Wildman–Crippen MR) is 56.9 cm³/mol. The molecular formula is C11H9F3N2O. The van der Waals surface area contributed by atoms with Crippen LogP contribution in [0.1, 0.15) is 6.92 Å². The Morgan fingerprint density at radius 1 is 1.24 bits per heavy atom. The van der Waals surface area contributed by atoms with Gasteiger partial charge in [-0.2, -0.15) is 18.3 Å². The third kappa shape index (κ3) is 2.02. The molecule has 1 aliphatic heterocycles. The summed E-state index contributed by atoms with van der Waals surface area (Å²) in [5.74, 6) is -0.999. The number of rotatable bonds is 1.